The van der Waals surface area contributed by atoms with Crippen molar-refractivity contribution in [3.05, 3.63) is 22.6 Å². The molecule has 0 amide bonds. The van der Waals surface area contributed by atoms with Crippen LogP contribution >= 0.6 is 0 Å². The number of nitrogens with zero attached hydrogens (tertiary/aromatic N) is 2. The van der Waals surface area contributed by atoms with Gasteiger partial charge in [-0.2, -0.15) is 4.98 Å². The molecular formula is C19H26N2O7. The highest BCUT2D eigenvalue weighted by Gasteiger charge is 2.53. The lowest BCUT2D eigenvalue weighted by Gasteiger charge is -2.30. The van der Waals surface area contributed by atoms with Crippen LogP contribution in [0.2, 0.25) is 0 Å². The standard InChI is InChI=1S/C19H26N2O7/c22-13-7-8-21-18-17(28-19(21)20-13)16(27-15-6-2-4-10-24-15)12(26-18)11-25-14-5-1-3-9-23-14/h7-8,12,14-18H,1-6,9-11H2/t12-,14+,15+,16+,17+,18+/m0/s1. The second-order valence-corrected chi connectivity index (χ2v) is 7.63. The summed E-state index contributed by atoms with van der Waals surface area (Å²) in [6.45, 7) is 1.77. The van der Waals surface area contributed by atoms with Crippen molar-refractivity contribution < 1.29 is 28.4 Å². The van der Waals surface area contributed by atoms with E-state index < -0.39 is 12.3 Å². The zero-order valence-electron chi connectivity index (χ0n) is 15.7. The molecule has 0 radical (unpaired) electrons. The van der Waals surface area contributed by atoms with Gasteiger partial charge in [-0.15, -0.1) is 0 Å². The maximum Gasteiger partial charge on any atom is 0.302 e. The van der Waals surface area contributed by atoms with Crippen LogP contribution in [0.25, 0.3) is 0 Å². The number of aromatic nitrogens is 2. The average Bonchev–Trinajstić information content (AvgIpc) is 3.24. The maximum atomic E-state index is 11.6. The third-order valence-corrected chi connectivity index (χ3v) is 5.64. The van der Waals surface area contributed by atoms with Crippen LogP contribution in [0.3, 0.4) is 0 Å². The fourth-order valence-electron chi connectivity index (χ4n) is 4.19. The van der Waals surface area contributed by atoms with E-state index >= 15 is 0 Å². The van der Waals surface area contributed by atoms with Crippen molar-refractivity contribution in [2.75, 3.05) is 19.8 Å². The molecule has 154 valence electrons. The lowest BCUT2D eigenvalue weighted by Crippen LogP contribution is -2.43. The summed E-state index contributed by atoms with van der Waals surface area (Å²) in [5.74, 6) is 0. The quantitative estimate of drug-likeness (QED) is 0.739. The van der Waals surface area contributed by atoms with Gasteiger partial charge in [0.25, 0.3) is 5.56 Å². The van der Waals surface area contributed by atoms with Crippen molar-refractivity contribution in [3.63, 3.8) is 0 Å². The average molecular weight is 394 g/mol. The molecule has 3 saturated heterocycles. The Balaban J connectivity index is 1.31. The SMILES string of the molecule is O=c1ccn2c(n1)O[C@@H]1[C@H](O[C@@H]3CCCCO3)[C@H](CO[C@@H]3CCCCO3)O[C@H]12. The van der Waals surface area contributed by atoms with Gasteiger partial charge in [-0.3, -0.25) is 9.36 Å². The second-order valence-electron chi connectivity index (χ2n) is 7.63. The minimum absolute atomic E-state index is 0.199. The molecule has 5 rings (SSSR count). The number of fused-ring (bicyclic) bond motifs is 3. The summed E-state index contributed by atoms with van der Waals surface area (Å²) >= 11 is 0. The molecule has 28 heavy (non-hydrogen) atoms. The number of hydrogen-bond donors (Lipinski definition) is 0. The summed E-state index contributed by atoms with van der Waals surface area (Å²) in [4.78, 5) is 15.5. The van der Waals surface area contributed by atoms with Crippen LogP contribution in [-0.2, 0) is 23.7 Å². The van der Waals surface area contributed by atoms with Crippen LogP contribution < -0.4 is 10.3 Å². The third kappa shape index (κ3) is 3.69. The van der Waals surface area contributed by atoms with Gasteiger partial charge in [0.1, 0.15) is 12.2 Å². The first kappa shape index (κ1) is 18.5. The predicted molar refractivity (Wildman–Crippen MR) is 94.8 cm³/mol. The van der Waals surface area contributed by atoms with Crippen LogP contribution in [0.5, 0.6) is 6.01 Å². The number of ether oxygens (including phenoxy) is 6. The largest absolute Gasteiger partial charge is 0.453 e. The summed E-state index contributed by atoms with van der Waals surface area (Å²) < 4.78 is 37.6. The second kappa shape index (κ2) is 8.08. The lowest BCUT2D eigenvalue weighted by atomic mass is 10.1. The molecule has 0 bridgehead atoms. The van der Waals surface area contributed by atoms with Crippen molar-refractivity contribution in [2.24, 2.45) is 0 Å². The van der Waals surface area contributed by atoms with Crippen LogP contribution in [0.1, 0.15) is 44.8 Å². The van der Waals surface area contributed by atoms with Gasteiger partial charge < -0.3 is 28.4 Å². The van der Waals surface area contributed by atoms with Crippen molar-refractivity contribution in [3.8, 4) is 6.01 Å². The first-order valence-corrected chi connectivity index (χ1v) is 10.2. The van der Waals surface area contributed by atoms with Gasteiger partial charge in [0.2, 0.25) is 0 Å². The Labute approximate surface area is 162 Å². The summed E-state index contributed by atoms with van der Waals surface area (Å²) in [6.07, 6.45) is 5.69. The highest BCUT2D eigenvalue weighted by atomic mass is 16.7. The molecule has 1 aromatic heterocycles. The van der Waals surface area contributed by atoms with Crippen molar-refractivity contribution in [2.45, 2.75) is 75.6 Å². The molecule has 4 aliphatic rings. The van der Waals surface area contributed by atoms with Crippen molar-refractivity contribution >= 4 is 0 Å². The smallest absolute Gasteiger partial charge is 0.302 e. The molecule has 1 aromatic rings. The first-order chi connectivity index (χ1) is 13.8. The Kier molecular flexibility index (Phi) is 5.34. The van der Waals surface area contributed by atoms with Crippen LogP contribution in [0.4, 0.5) is 0 Å². The molecule has 0 saturated carbocycles. The van der Waals surface area contributed by atoms with E-state index in [1.807, 2.05) is 0 Å². The molecule has 0 aliphatic carbocycles. The summed E-state index contributed by atoms with van der Waals surface area (Å²) in [5, 5.41) is 0. The molecule has 5 heterocycles. The van der Waals surface area contributed by atoms with Gasteiger partial charge in [0, 0.05) is 25.5 Å². The van der Waals surface area contributed by atoms with Gasteiger partial charge >= 0.3 is 6.01 Å². The van der Waals surface area contributed by atoms with E-state index in [-0.39, 0.29) is 36.4 Å². The highest BCUT2D eigenvalue weighted by molar-refractivity contribution is 5.11. The Morgan fingerprint density at radius 3 is 2.64 bits per heavy atom. The van der Waals surface area contributed by atoms with E-state index in [0.717, 1.165) is 45.1 Å². The summed E-state index contributed by atoms with van der Waals surface area (Å²) in [7, 11) is 0. The Bertz CT molecular complexity index is 729. The first-order valence-electron chi connectivity index (χ1n) is 10.2. The fraction of sp³-hybridized carbons (Fsp3) is 0.789. The molecule has 0 N–H and O–H groups in total. The van der Waals surface area contributed by atoms with Crippen molar-refractivity contribution in [1.29, 1.82) is 0 Å². The monoisotopic (exact) mass is 394 g/mol. The summed E-state index contributed by atoms with van der Waals surface area (Å²) in [5.41, 5.74) is -0.339. The normalized spacial score (nSPS) is 37.3. The van der Waals surface area contributed by atoms with Crippen molar-refractivity contribution in [1.82, 2.24) is 9.55 Å². The van der Waals surface area contributed by atoms with Gasteiger partial charge in [-0.1, -0.05) is 0 Å². The molecule has 9 nitrogen and oxygen atoms in total. The van der Waals surface area contributed by atoms with Crippen LogP contribution in [0, 0.1) is 0 Å². The topological polar surface area (TPSA) is 90.3 Å². The predicted octanol–water partition coefficient (Wildman–Crippen LogP) is 1.36. The zero-order chi connectivity index (χ0) is 18.9. The van der Waals surface area contributed by atoms with E-state index in [0.29, 0.717) is 13.2 Å². The molecular weight excluding hydrogens is 368 g/mol. The molecule has 3 fully saturated rings. The van der Waals surface area contributed by atoms with Crippen LogP contribution in [0.15, 0.2) is 17.1 Å². The van der Waals surface area contributed by atoms with E-state index in [1.54, 1.807) is 10.8 Å². The van der Waals surface area contributed by atoms with Gasteiger partial charge in [-0.25, -0.2) is 0 Å². The molecule has 0 aromatic carbocycles. The van der Waals surface area contributed by atoms with E-state index in [4.69, 9.17) is 28.4 Å². The van der Waals surface area contributed by atoms with E-state index in [1.165, 1.54) is 6.07 Å². The minimum atomic E-state index is -0.405. The van der Waals surface area contributed by atoms with E-state index in [2.05, 4.69) is 4.98 Å². The number of hydrogen-bond acceptors (Lipinski definition) is 8. The Morgan fingerprint density at radius 1 is 1.11 bits per heavy atom. The molecule has 0 spiro atoms. The fourth-order valence-corrected chi connectivity index (χ4v) is 4.19. The van der Waals surface area contributed by atoms with Gasteiger partial charge in [0.15, 0.2) is 24.9 Å². The molecule has 9 heteroatoms. The number of rotatable bonds is 5. The van der Waals surface area contributed by atoms with Crippen LogP contribution in [-0.4, -0.2) is 60.3 Å². The highest BCUT2D eigenvalue weighted by Crippen LogP contribution is 2.41. The molecule has 6 atom stereocenters. The van der Waals surface area contributed by atoms with E-state index in [9.17, 15) is 4.79 Å². The Hall–Kier alpha value is -1.52. The zero-order valence-corrected chi connectivity index (χ0v) is 15.7. The maximum absolute atomic E-state index is 11.6. The third-order valence-electron chi connectivity index (χ3n) is 5.64. The molecule has 4 aliphatic heterocycles. The summed E-state index contributed by atoms with van der Waals surface area (Å²) in [6, 6.07) is 1.66. The Morgan fingerprint density at radius 2 is 1.89 bits per heavy atom. The minimum Gasteiger partial charge on any atom is -0.453 e. The van der Waals surface area contributed by atoms with Gasteiger partial charge in [-0.05, 0) is 38.5 Å². The lowest BCUT2D eigenvalue weighted by molar-refractivity contribution is -0.223. The molecule has 0 unspecified atom stereocenters. The van der Waals surface area contributed by atoms with Gasteiger partial charge in [0.05, 0.1) is 6.61 Å².